The van der Waals surface area contributed by atoms with Gasteiger partial charge in [0.2, 0.25) is 0 Å². The van der Waals surface area contributed by atoms with Crippen LogP contribution in [-0.2, 0) is 6.42 Å². The Balaban J connectivity index is 2.86. The fourth-order valence-corrected chi connectivity index (χ4v) is 3.25. The molecule has 1 aromatic heterocycles. The third-order valence-corrected chi connectivity index (χ3v) is 4.61. The fourth-order valence-electron chi connectivity index (χ4n) is 1.55. The zero-order valence-electron chi connectivity index (χ0n) is 10.9. The van der Waals surface area contributed by atoms with Crippen molar-refractivity contribution in [1.29, 1.82) is 0 Å². The topological polar surface area (TPSA) is 33.2 Å². The lowest BCUT2D eigenvalue weighted by Crippen LogP contribution is -2.30. The maximum absolute atomic E-state index is 11.0. The third kappa shape index (κ3) is 3.71. The van der Waals surface area contributed by atoms with Crippen LogP contribution < -0.4 is 4.90 Å². The number of hydrogen-bond donors (Lipinski definition) is 0. The molecule has 96 valence electrons. The van der Waals surface area contributed by atoms with Gasteiger partial charge in [-0.1, -0.05) is 24.7 Å². The van der Waals surface area contributed by atoms with Crippen LogP contribution in [0.5, 0.6) is 0 Å². The molecule has 3 nitrogen and oxygen atoms in total. The number of thiazole rings is 1. The normalized spacial score (nSPS) is 12.5. The lowest BCUT2D eigenvalue weighted by molar-refractivity contribution is 0.112. The Kier molecular flexibility index (Phi) is 5.98. The maximum atomic E-state index is 11.0. The van der Waals surface area contributed by atoms with Gasteiger partial charge in [-0.05, 0) is 19.6 Å². The highest BCUT2D eigenvalue weighted by atomic mass is 32.2. The third-order valence-electron chi connectivity index (χ3n) is 2.68. The van der Waals surface area contributed by atoms with Crippen LogP contribution in [-0.4, -0.2) is 36.4 Å². The average molecular weight is 272 g/mol. The van der Waals surface area contributed by atoms with Crippen molar-refractivity contribution in [2.75, 3.05) is 24.0 Å². The summed E-state index contributed by atoms with van der Waals surface area (Å²) >= 11 is 3.32. The standard InChI is InChI=1S/C12H20N2OS2/c1-5-6-10-11(7-15)17-12(13-10)14(3)9(2)8-16-4/h7,9H,5-6,8H2,1-4H3. The summed E-state index contributed by atoms with van der Waals surface area (Å²) in [5.74, 6) is 1.07. The SMILES string of the molecule is CCCc1nc(N(C)C(C)CSC)sc1C=O. The molecule has 5 heteroatoms. The summed E-state index contributed by atoms with van der Waals surface area (Å²) in [5, 5.41) is 0.956. The van der Waals surface area contributed by atoms with E-state index in [0.29, 0.717) is 6.04 Å². The molecule has 0 bridgehead atoms. The van der Waals surface area contributed by atoms with Gasteiger partial charge in [0.25, 0.3) is 0 Å². The van der Waals surface area contributed by atoms with E-state index in [9.17, 15) is 4.79 Å². The van der Waals surface area contributed by atoms with E-state index >= 15 is 0 Å². The van der Waals surface area contributed by atoms with E-state index in [-0.39, 0.29) is 0 Å². The number of aldehydes is 1. The summed E-state index contributed by atoms with van der Waals surface area (Å²) < 4.78 is 0. The molecular formula is C12H20N2OS2. The van der Waals surface area contributed by atoms with E-state index in [0.717, 1.165) is 40.6 Å². The predicted octanol–water partition coefficient (Wildman–Crippen LogP) is 3.10. The van der Waals surface area contributed by atoms with Crippen LogP contribution in [0.4, 0.5) is 5.13 Å². The van der Waals surface area contributed by atoms with Gasteiger partial charge in [-0.15, -0.1) is 0 Å². The molecule has 1 unspecified atom stereocenters. The number of aryl methyl sites for hydroxylation is 1. The molecule has 1 heterocycles. The average Bonchev–Trinajstić information content (AvgIpc) is 2.72. The van der Waals surface area contributed by atoms with Crippen LogP contribution in [0.1, 0.15) is 35.6 Å². The molecule has 0 saturated carbocycles. The van der Waals surface area contributed by atoms with Gasteiger partial charge in [0.15, 0.2) is 11.4 Å². The minimum Gasteiger partial charge on any atom is -0.348 e. The van der Waals surface area contributed by atoms with Crippen LogP contribution in [0, 0.1) is 0 Å². The van der Waals surface area contributed by atoms with Gasteiger partial charge < -0.3 is 4.90 Å². The van der Waals surface area contributed by atoms with Crippen LogP contribution in [0.25, 0.3) is 0 Å². The first-order valence-corrected chi connectivity index (χ1v) is 8.01. The summed E-state index contributed by atoms with van der Waals surface area (Å²) in [4.78, 5) is 18.5. The number of aromatic nitrogens is 1. The number of carbonyl (C=O) groups excluding carboxylic acids is 1. The van der Waals surface area contributed by atoms with Crippen molar-refractivity contribution in [3.05, 3.63) is 10.6 Å². The van der Waals surface area contributed by atoms with Crippen LogP contribution in [0.15, 0.2) is 0 Å². The molecule has 0 aliphatic heterocycles. The molecule has 0 radical (unpaired) electrons. The molecule has 1 rings (SSSR count). The highest BCUT2D eigenvalue weighted by Crippen LogP contribution is 2.27. The minimum atomic E-state index is 0.435. The number of thioether (sulfide) groups is 1. The molecular weight excluding hydrogens is 252 g/mol. The summed E-state index contributed by atoms with van der Waals surface area (Å²) in [6.07, 6.45) is 4.94. The fraction of sp³-hybridized carbons (Fsp3) is 0.667. The molecule has 1 aromatic rings. The molecule has 17 heavy (non-hydrogen) atoms. The van der Waals surface area contributed by atoms with Gasteiger partial charge in [-0.25, -0.2) is 4.98 Å². The Morgan fingerprint density at radius 3 is 2.82 bits per heavy atom. The highest BCUT2D eigenvalue weighted by Gasteiger charge is 2.16. The first-order chi connectivity index (χ1) is 8.13. The molecule has 0 N–H and O–H groups in total. The number of hydrogen-bond acceptors (Lipinski definition) is 5. The molecule has 0 aromatic carbocycles. The van der Waals surface area contributed by atoms with Crippen LogP contribution >= 0.6 is 23.1 Å². The van der Waals surface area contributed by atoms with E-state index in [1.807, 2.05) is 18.8 Å². The van der Waals surface area contributed by atoms with Gasteiger partial charge in [-0.2, -0.15) is 11.8 Å². The Morgan fingerprint density at radius 2 is 2.29 bits per heavy atom. The summed E-state index contributed by atoms with van der Waals surface area (Å²) in [6.45, 7) is 4.28. The first kappa shape index (κ1) is 14.5. The molecule has 0 amide bonds. The monoisotopic (exact) mass is 272 g/mol. The second kappa shape index (κ2) is 7.01. The van der Waals surface area contributed by atoms with Crippen LogP contribution in [0.3, 0.4) is 0 Å². The second-order valence-corrected chi connectivity index (χ2v) is 6.01. The molecule has 0 fully saturated rings. The van der Waals surface area contributed by atoms with Crippen molar-refractivity contribution in [3.8, 4) is 0 Å². The minimum absolute atomic E-state index is 0.435. The van der Waals surface area contributed by atoms with E-state index in [1.54, 1.807) is 0 Å². The van der Waals surface area contributed by atoms with Crippen molar-refractivity contribution in [3.63, 3.8) is 0 Å². The Morgan fingerprint density at radius 1 is 1.59 bits per heavy atom. The van der Waals surface area contributed by atoms with Gasteiger partial charge >= 0.3 is 0 Å². The Bertz CT molecular complexity index is 365. The molecule has 0 spiro atoms. The quantitative estimate of drug-likeness (QED) is 0.714. The second-order valence-electron chi connectivity index (χ2n) is 4.09. The van der Waals surface area contributed by atoms with E-state index in [4.69, 9.17) is 0 Å². The maximum Gasteiger partial charge on any atom is 0.186 e. The van der Waals surface area contributed by atoms with Crippen molar-refractivity contribution in [2.24, 2.45) is 0 Å². The van der Waals surface area contributed by atoms with Crippen molar-refractivity contribution >= 4 is 34.5 Å². The number of anilines is 1. The smallest absolute Gasteiger partial charge is 0.186 e. The van der Waals surface area contributed by atoms with Gasteiger partial charge in [-0.3, -0.25) is 4.79 Å². The molecule has 0 aliphatic carbocycles. The lowest BCUT2D eigenvalue weighted by atomic mass is 10.2. The summed E-state index contributed by atoms with van der Waals surface area (Å²) in [6, 6.07) is 0.435. The van der Waals surface area contributed by atoms with E-state index in [1.165, 1.54) is 11.3 Å². The van der Waals surface area contributed by atoms with Crippen molar-refractivity contribution < 1.29 is 4.79 Å². The number of carbonyl (C=O) groups is 1. The zero-order chi connectivity index (χ0) is 12.8. The first-order valence-electron chi connectivity index (χ1n) is 5.80. The van der Waals surface area contributed by atoms with E-state index < -0.39 is 0 Å². The van der Waals surface area contributed by atoms with Gasteiger partial charge in [0.05, 0.1) is 10.6 Å². The number of rotatable bonds is 7. The zero-order valence-corrected chi connectivity index (χ0v) is 12.5. The van der Waals surface area contributed by atoms with Crippen molar-refractivity contribution in [1.82, 2.24) is 4.98 Å². The Labute approximate surface area is 112 Å². The highest BCUT2D eigenvalue weighted by molar-refractivity contribution is 7.98. The Hall–Kier alpha value is -0.550. The molecule has 0 aliphatic rings. The number of nitrogens with zero attached hydrogens (tertiary/aromatic N) is 2. The van der Waals surface area contributed by atoms with Gasteiger partial charge in [0.1, 0.15) is 0 Å². The van der Waals surface area contributed by atoms with Crippen molar-refractivity contribution in [2.45, 2.75) is 32.7 Å². The summed E-state index contributed by atoms with van der Waals surface area (Å²) in [5.41, 5.74) is 0.950. The molecule has 1 atom stereocenters. The lowest BCUT2D eigenvalue weighted by Gasteiger charge is -2.23. The largest absolute Gasteiger partial charge is 0.348 e. The van der Waals surface area contributed by atoms with E-state index in [2.05, 4.69) is 30.0 Å². The molecule has 0 saturated heterocycles. The summed E-state index contributed by atoms with van der Waals surface area (Å²) in [7, 11) is 2.05. The predicted molar refractivity (Wildman–Crippen MR) is 77.7 cm³/mol. The van der Waals surface area contributed by atoms with Gasteiger partial charge in [0, 0.05) is 18.8 Å². The van der Waals surface area contributed by atoms with Crippen LogP contribution in [0.2, 0.25) is 0 Å².